The largest absolute Gasteiger partial charge is 0.491 e. The normalized spacial score (nSPS) is 12.8. The molecule has 0 spiro atoms. The first-order valence-corrected chi connectivity index (χ1v) is 7.87. The third kappa shape index (κ3) is 4.28. The minimum Gasteiger partial charge on any atom is -0.491 e. The highest BCUT2D eigenvalue weighted by Gasteiger charge is 2.28. The van der Waals surface area contributed by atoms with Gasteiger partial charge in [-0.25, -0.2) is 8.42 Å². The molecule has 0 radical (unpaired) electrons. The molecule has 1 unspecified atom stereocenters. The third-order valence-electron chi connectivity index (χ3n) is 2.47. The first-order valence-electron chi connectivity index (χ1n) is 5.94. The Bertz CT molecular complexity index is 588. The number of sulfonamides is 1. The van der Waals surface area contributed by atoms with Crippen LogP contribution in [-0.2, 0) is 14.8 Å². The number of carboxylic acid groups (broad SMARTS) is 1. The van der Waals surface area contributed by atoms with Gasteiger partial charge in [-0.3, -0.25) is 9.52 Å². The summed E-state index contributed by atoms with van der Waals surface area (Å²) in [7, 11) is -4.07. The summed E-state index contributed by atoms with van der Waals surface area (Å²) < 4.78 is 31.4. The molecule has 0 aliphatic heterocycles. The van der Waals surface area contributed by atoms with E-state index in [-0.39, 0.29) is 5.69 Å². The molecule has 0 bridgehead atoms. The fraction of sp³-hybridized carbons (Fsp3) is 0.417. The molecule has 112 valence electrons. The average Bonchev–Trinajstić information content (AvgIpc) is 2.36. The van der Waals surface area contributed by atoms with Gasteiger partial charge in [0.1, 0.15) is 5.75 Å². The molecule has 0 aromatic heterocycles. The Labute approximate surface area is 122 Å². The van der Waals surface area contributed by atoms with Crippen molar-refractivity contribution in [2.24, 2.45) is 0 Å². The lowest BCUT2D eigenvalue weighted by Gasteiger charge is -2.15. The number of carboxylic acids is 1. The van der Waals surface area contributed by atoms with Crippen molar-refractivity contribution in [3.8, 4) is 5.75 Å². The smallest absolute Gasteiger partial charge is 0.323 e. The van der Waals surface area contributed by atoms with Crippen LogP contribution in [0.25, 0.3) is 0 Å². The molecule has 1 atom stereocenters. The van der Waals surface area contributed by atoms with Crippen molar-refractivity contribution in [2.75, 3.05) is 11.3 Å². The van der Waals surface area contributed by atoms with Crippen molar-refractivity contribution in [2.45, 2.75) is 25.5 Å². The van der Waals surface area contributed by atoms with Crippen LogP contribution in [0.4, 0.5) is 5.69 Å². The van der Waals surface area contributed by atoms with Crippen LogP contribution in [0, 0.1) is 0 Å². The summed E-state index contributed by atoms with van der Waals surface area (Å²) in [6.45, 7) is 3.40. The maximum atomic E-state index is 11.9. The molecule has 20 heavy (non-hydrogen) atoms. The standard InChI is InChI=1S/C12H16ClNO5S/c1-3-6-19-11-5-4-9(13)7-10(11)14-20(17,18)8(2)12(15)16/h4-5,7-8,14H,3,6H2,1-2H3,(H,15,16). The number of halogens is 1. The van der Waals surface area contributed by atoms with Crippen molar-refractivity contribution in [1.29, 1.82) is 0 Å². The highest BCUT2D eigenvalue weighted by Crippen LogP contribution is 2.29. The third-order valence-corrected chi connectivity index (χ3v) is 4.34. The topological polar surface area (TPSA) is 92.7 Å². The van der Waals surface area contributed by atoms with Gasteiger partial charge in [0.2, 0.25) is 10.0 Å². The maximum Gasteiger partial charge on any atom is 0.323 e. The molecule has 1 rings (SSSR count). The van der Waals surface area contributed by atoms with Gasteiger partial charge in [-0.2, -0.15) is 0 Å². The first kappa shape index (κ1) is 16.6. The van der Waals surface area contributed by atoms with Crippen LogP contribution in [0.2, 0.25) is 5.02 Å². The zero-order valence-corrected chi connectivity index (χ0v) is 12.7. The van der Waals surface area contributed by atoms with Crippen LogP contribution in [0.1, 0.15) is 20.3 Å². The molecule has 1 aromatic rings. The summed E-state index contributed by atoms with van der Waals surface area (Å²) in [4.78, 5) is 10.8. The fourth-order valence-corrected chi connectivity index (χ4v) is 2.37. The van der Waals surface area contributed by atoms with E-state index < -0.39 is 21.2 Å². The quantitative estimate of drug-likeness (QED) is 0.804. The molecule has 6 nitrogen and oxygen atoms in total. The Morgan fingerprint density at radius 1 is 1.50 bits per heavy atom. The molecule has 0 saturated carbocycles. The van der Waals surface area contributed by atoms with E-state index in [0.29, 0.717) is 17.4 Å². The summed E-state index contributed by atoms with van der Waals surface area (Å²) >= 11 is 5.82. The molecule has 8 heteroatoms. The number of carbonyl (C=O) groups is 1. The van der Waals surface area contributed by atoms with E-state index >= 15 is 0 Å². The summed E-state index contributed by atoms with van der Waals surface area (Å²) in [6, 6.07) is 4.46. The average molecular weight is 322 g/mol. The van der Waals surface area contributed by atoms with E-state index in [1.54, 1.807) is 6.07 Å². The zero-order valence-electron chi connectivity index (χ0n) is 11.1. The van der Waals surface area contributed by atoms with Crippen molar-refractivity contribution in [3.05, 3.63) is 23.2 Å². The van der Waals surface area contributed by atoms with Gasteiger partial charge in [-0.1, -0.05) is 18.5 Å². The van der Waals surface area contributed by atoms with E-state index in [4.69, 9.17) is 21.4 Å². The molecule has 0 saturated heterocycles. The van der Waals surface area contributed by atoms with Crippen LogP contribution in [-0.4, -0.2) is 31.4 Å². The number of rotatable bonds is 7. The van der Waals surface area contributed by atoms with E-state index in [1.165, 1.54) is 12.1 Å². The van der Waals surface area contributed by atoms with Crippen molar-refractivity contribution in [1.82, 2.24) is 0 Å². The number of ether oxygens (including phenoxy) is 1. The van der Waals surface area contributed by atoms with Crippen LogP contribution in [0.15, 0.2) is 18.2 Å². The number of anilines is 1. The van der Waals surface area contributed by atoms with Crippen molar-refractivity contribution >= 4 is 33.3 Å². The molecule has 0 amide bonds. The highest BCUT2D eigenvalue weighted by molar-refractivity contribution is 7.94. The number of aliphatic carboxylic acids is 1. The van der Waals surface area contributed by atoms with Crippen LogP contribution >= 0.6 is 11.6 Å². The predicted octanol–water partition coefficient (Wildman–Crippen LogP) is 2.34. The molecular formula is C12H16ClNO5S. The van der Waals surface area contributed by atoms with Gasteiger partial charge in [0.15, 0.2) is 5.25 Å². The summed E-state index contributed by atoms with van der Waals surface area (Å²) in [5, 5.41) is 7.52. The minimum atomic E-state index is -4.07. The summed E-state index contributed by atoms with van der Waals surface area (Å²) in [5.74, 6) is -1.13. The number of nitrogens with one attached hydrogen (secondary N) is 1. The Balaban J connectivity index is 3.07. The Hall–Kier alpha value is -1.47. The molecule has 2 N–H and O–H groups in total. The van der Waals surface area contributed by atoms with Crippen molar-refractivity contribution < 1.29 is 23.1 Å². The second kappa shape index (κ2) is 6.81. The van der Waals surface area contributed by atoms with E-state index in [0.717, 1.165) is 13.3 Å². The molecule has 0 heterocycles. The van der Waals surface area contributed by atoms with E-state index in [1.807, 2.05) is 6.92 Å². The van der Waals surface area contributed by atoms with E-state index in [2.05, 4.69) is 4.72 Å². The Kier molecular flexibility index (Phi) is 5.64. The Morgan fingerprint density at radius 3 is 2.70 bits per heavy atom. The maximum absolute atomic E-state index is 11.9. The van der Waals surface area contributed by atoms with Crippen molar-refractivity contribution in [3.63, 3.8) is 0 Å². The van der Waals surface area contributed by atoms with Gasteiger partial charge >= 0.3 is 5.97 Å². The number of benzene rings is 1. The lowest BCUT2D eigenvalue weighted by Crippen LogP contribution is -2.32. The SMILES string of the molecule is CCCOc1ccc(Cl)cc1NS(=O)(=O)C(C)C(=O)O. The fourth-order valence-electron chi connectivity index (χ4n) is 1.29. The van der Waals surface area contributed by atoms with Gasteiger partial charge < -0.3 is 9.84 Å². The Morgan fingerprint density at radius 2 is 2.15 bits per heavy atom. The van der Waals surface area contributed by atoms with Gasteiger partial charge in [0, 0.05) is 5.02 Å². The van der Waals surface area contributed by atoms with Gasteiger partial charge in [-0.05, 0) is 31.5 Å². The molecule has 0 aliphatic rings. The summed E-state index contributed by atoms with van der Waals surface area (Å²) in [6.07, 6.45) is 0.750. The zero-order chi connectivity index (χ0) is 15.3. The summed E-state index contributed by atoms with van der Waals surface area (Å²) in [5.41, 5.74) is 0.124. The highest BCUT2D eigenvalue weighted by atomic mass is 35.5. The molecular weight excluding hydrogens is 306 g/mol. The minimum absolute atomic E-state index is 0.124. The van der Waals surface area contributed by atoms with Crippen LogP contribution in [0.5, 0.6) is 5.75 Å². The van der Waals surface area contributed by atoms with Crippen LogP contribution in [0.3, 0.4) is 0 Å². The van der Waals surface area contributed by atoms with Gasteiger partial charge in [0.05, 0.1) is 12.3 Å². The second-order valence-electron chi connectivity index (χ2n) is 4.12. The first-order chi connectivity index (χ1) is 9.27. The van der Waals surface area contributed by atoms with Crippen LogP contribution < -0.4 is 9.46 Å². The second-order valence-corrected chi connectivity index (χ2v) is 6.55. The number of hydrogen-bond donors (Lipinski definition) is 2. The molecule has 0 aliphatic carbocycles. The van der Waals surface area contributed by atoms with Gasteiger partial charge in [-0.15, -0.1) is 0 Å². The number of hydrogen-bond acceptors (Lipinski definition) is 4. The monoisotopic (exact) mass is 321 g/mol. The lowest BCUT2D eigenvalue weighted by atomic mass is 10.3. The lowest BCUT2D eigenvalue weighted by molar-refractivity contribution is -0.136. The predicted molar refractivity (Wildman–Crippen MR) is 76.9 cm³/mol. The van der Waals surface area contributed by atoms with Gasteiger partial charge in [0.25, 0.3) is 0 Å². The molecule has 1 aromatic carbocycles. The van der Waals surface area contributed by atoms with E-state index in [9.17, 15) is 13.2 Å². The molecule has 0 fully saturated rings.